The van der Waals surface area contributed by atoms with E-state index in [-0.39, 0.29) is 0 Å². The number of anilines is 3. The van der Waals surface area contributed by atoms with Crippen molar-refractivity contribution in [3.8, 4) is 11.5 Å². The maximum atomic E-state index is 5.63. The molecule has 0 saturated carbocycles. The van der Waals surface area contributed by atoms with Crippen molar-refractivity contribution in [2.24, 2.45) is 0 Å². The number of benzene rings is 2. The molecule has 1 aromatic heterocycles. The Morgan fingerprint density at radius 1 is 0.963 bits per heavy atom. The van der Waals surface area contributed by atoms with E-state index in [9.17, 15) is 0 Å². The fourth-order valence-electron chi connectivity index (χ4n) is 2.72. The monoisotopic (exact) mass is 364 g/mol. The normalized spacial score (nSPS) is 10.3. The Morgan fingerprint density at radius 3 is 2.56 bits per heavy atom. The SMILES string of the molecule is CCOc1ccccc1Nc1nccc(NCCc2ccccc2OC)n1. The average molecular weight is 364 g/mol. The van der Waals surface area contributed by atoms with Crippen LogP contribution in [-0.4, -0.2) is 30.2 Å². The average Bonchev–Trinajstić information content (AvgIpc) is 2.70. The van der Waals surface area contributed by atoms with Crippen molar-refractivity contribution >= 4 is 17.5 Å². The Kier molecular flexibility index (Phi) is 6.46. The van der Waals surface area contributed by atoms with Gasteiger partial charge in [-0.25, -0.2) is 4.98 Å². The first-order chi connectivity index (χ1) is 13.3. The Bertz CT molecular complexity index is 870. The topological polar surface area (TPSA) is 68.3 Å². The molecule has 0 fully saturated rings. The van der Waals surface area contributed by atoms with Gasteiger partial charge in [0.1, 0.15) is 17.3 Å². The highest BCUT2D eigenvalue weighted by Crippen LogP contribution is 2.26. The summed E-state index contributed by atoms with van der Waals surface area (Å²) >= 11 is 0. The van der Waals surface area contributed by atoms with E-state index in [4.69, 9.17) is 9.47 Å². The maximum absolute atomic E-state index is 5.63. The molecule has 3 aromatic rings. The number of hydrogen-bond acceptors (Lipinski definition) is 6. The third-order valence-electron chi connectivity index (χ3n) is 3.98. The number of hydrogen-bond donors (Lipinski definition) is 2. The molecule has 0 saturated heterocycles. The fourth-order valence-corrected chi connectivity index (χ4v) is 2.72. The highest BCUT2D eigenvalue weighted by Gasteiger charge is 2.06. The highest BCUT2D eigenvalue weighted by molar-refractivity contribution is 5.62. The summed E-state index contributed by atoms with van der Waals surface area (Å²) in [7, 11) is 1.69. The van der Waals surface area contributed by atoms with E-state index in [0.29, 0.717) is 12.6 Å². The van der Waals surface area contributed by atoms with Crippen LogP contribution in [0.3, 0.4) is 0 Å². The zero-order chi connectivity index (χ0) is 18.9. The van der Waals surface area contributed by atoms with Crippen molar-refractivity contribution in [1.29, 1.82) is 0 Å². The molecule has 6 nitrogen and oxygen atoms in total. The number of rotatable bonds is 9. The van der Waals surface area contributed by atoms with Gasteiger partial charge in [-0.3, -0.25) is 0 Å². The van der Waals surface area contributed by atoms with E-state index < -0.39 is 0 Å². The predicted octanol–water partition coefficient (Wildman–Crippen LogP) is 4.28. The van der Waals surface area contributed by atoms with E-state index >= 15 is 0 Å². The van der Waals surface area contributed by atoms with Gasteiger partial charge in [0.25, 0.3) is 0 Å². The van der Waals surface area contributed by atoms with Crippen molar-refractivity contribution in [3.05, 3.63) is 66.4 Å². The molecular weight excluding hydrogens is 340 g/mol. The highest BCUT2D eigenvalue weighted by atomic mass is 16.5. The van der Waals surface area contributed by atoms with Crippen LogP contribution in [0.1, 0.15) is 12.5 Å². The van der Waals surface area contributed by atoms with E-state index in [1.807, 2.05) is 55.5 Å². The Hall–Kier alpha value is -3.28. The van der Waals surface area contributed by atoms with Crippen LogP contribution in [0.4, 0.5) is 17.5 Å². The summed E-state index contributed by atoms with van der Waals surface area (Å²) in [6, 6.07) is 17.6. The Morgan fingerprint density at radius 2 is 1.74 bits per heavy atom. The van der Waals surface area contributed by atoms with Gasteiger partial charge in [-0.15, -0.1) is 0 Å². The first kappa shape index (κ1) is 18.5. The Labute approximate surface area is 159 Å². The van der Waals surface area contributed by atoms with Gasteiger partial charge in [0.2, 0.25) is 5.95 Å². The number of ether oxygens (including phenoxy) is 2. The lowest BCUT2D eigenvalue weighted by Crippen LogP contribution is -2.08. The molecule has 0 aliphatic heterocycles. The van der Waals surface area contributed by atoms with Crippen LogP contribution in [0, 0.1) is 0 Å². The van der Waals surface area contributed by atoms with Crippen LogP contribution in [0.15, 0.2) is 60.8 Å². The van der Waals surface area contributed by atoms with Gasteiger partial charge >= 0.3 is 0 Å². The van der Waals surface area contributed by atoms with Gasteiger partial charge in [-0.05, 0) is 43.2 Å². The van der Waals surface area contributed by atoms with Gasteiger partial charge in [-0.2, -0.15) is 4.98 Å². The molecule has 0 aliphatic rings. The summed E-state index contributed by atoms with van der Waals surface area (Å²) in [4.78, 5) is 8.81. The second-order valence-corrected chi connectivity index (χ2v) is 5.81. The lowest BCUT2D eigenvalue weighted by atomic mass is 10.1. The molecule has 0 aliphatic carbocycles. The molecule has 0 spiro atoms. The van der Waals surface area contributed by atoms with Gasteiger partial charge < -0.3 is 20.1 Å². The third kappa shape index (κ3) is 5.10. The van der Waals surface area contributed by atoms with Gasteiger partial charge in [-0.1, -0.05) is 30.3 Å². The van der Waals surface area contributed by atoms with Crippen molar-refractivity contribution < 1.29 is 9.47 Å². The van der Waals surface area contributed by atoms with Gasteiger partial charge in [0, 0.05) is 12.7 Å². The van der Waals surface area contributed by atoms with Crippen molar-refractivity contribution in [3.63, 3.8) is 0 Å². The minimum Gasteiger partial charge on any atom is -0.496 e. The number of nitrogens with one attached hydrogen (secondary N) is 2. The maximum Gasteiger partial charge on any atom is 0.229 e. The molecule has 140 valence electrons. The number of aromatic nitrogens is 2. The summed E-state index contributed by atoms with van der Waals surface area (Å²) in [6.45, 7) is 3.30. The zero-order valence-electron chi connectivity index (χ0n) is 15.6. The van der Waals surface area contributed by atoms with E-state index in [2.05, 4.69) is 26.7 Å². The summed E-state index contributed by atoms with van der Waals surface area (Å²) < 4.78 is 11.0. The molecule has 3 rings (SSSR count). The second kappa shape index (κ2) is 9.43. The number of methoxy groups -OCH3 is 1. The second-order valence-electron chi connectivity index (χ2n) is 5.81. The molecule has 2 N–H and O–H groups in total. The molecule has 0 unspecified atom stereocenters. The van der Waals surface area contributed by atoms with Crippen molar-refractivity contribution in [2.75, 3.05) is 30.9 Å². The smallest absolute Gasteiger partial charge is 0.229 e. The van der Waals surface area contributed by atoms with Crippen LogP contribution in [0.2, 0.25) is 0 Å². The van der Waals surface area contributed by atoms with Crippen LogP contribution >= 0.6 is 0 Å². The van der Waals surface area contributed by atoms with Crippen LogP contribution < -0.4 is 20.1 Å². The summed E-state index contributed by atoms with van der Waals surface area (Å²) in [6.07, 6.45) is 2.56. The molecule has 0 atom stereocenters. The molecule has 0 amide bonds. The van der Waals surface area contributed by atoms with Crippen molar-refractivity contribution in [1.82, 2.24) is 9.97 Å². The molecule has 0 bridgehead atoms. The molecule has 6 heteroatoms. The first-order valence-electron chi connectivity index (χ1n) is 8.98. The quantitative estimate of drug-likeness (QED) is 0.591. The number of para-hydroxylation sites is 3. The standard InChI is InChI=1S/C21H24N4O2/c1-3-27-19-11-7-5-9-17(19)24-21-23-15-13-20(25-21)22-14-12-16-8-4-6-10-18(16)26-2/h4-11,13,15H,3,12,14H2,1-2H3,(H2,22,23,24,25). The van der Waals surface area contributed by atoms with Crippen LogP contribution in [0.5, 0.6) is 11.5 Å². The summed E-state index contributed by atoms with van der Waals surface area (Å²) in [5.41, 5.74) is 2.00. The van der Waals surface area contributed by atoms with Crippen LogP contribution in [0.25, 0.3) is 0 Å². The number of nitrogens with zero attached hydrogens (tertiary/aromatic N) is 2. The molecule has 27 heavy (non-hydrogen) atoms. The van der Waals surface area contributed by atoms with Crippen LogP contribution in [-0.2, 0) is 6.42 Å². The van der Waals surface area contributed by atoms with E-state index in [0.717, 1.165) is 41.5 Å². The Balaban J connectivity index is 1.62. The first-order valence-corrected chi connectivity index (χ1v) is 8.98. The molecule has 2 aromatic carbocycles. The lowest BCUT2D eigenvalue weighted by molar-refractivity contribution is 0.342. The van der Waals surface area contributed by atoms with Gasteiger partial charge in [0.15, 0.2) is 0 Å². The summed E-state index contributed by atoms with van der Waals surface area (Å²) in [5, 5.41) is 6.55. The molecular formula is C21H24N4O2. The van der Waals surface area contributed by atoms with E-state index in [1.165, 1.54) is 0 Å². The molecule has 0 radical (unpaired) electrons. The fraction of sp³-hybridized carbons (Fsp3) is 0.238. The third-order valence-corrected chi connectivity index (χ3v) is 3.98. The molecule has 1 heterocycles. The van der Waals surface area contributed by atoms with Crippen molar-refractivity contribution in [2.45, 2.75) is 13.3 Å². The van der Waals surface area contributed by atoms with E-state index in [1.54, 1.807) is 13.3 Å². The summed E-state index contributed by atoms with van der Waals surface area (Å²) in [5.74, 6) is 2.95. The zero-order valence-corrected chi connectivity index (χ0v) is 15.6. The minimum absolute atomic E-state index is 0.518. The predicted molar refractivity (Wildman–Crippen MR) is 108 cm³/mol. The van der Waals surface area contributed by atoms with Gasteiger partial charge in [0.05, 0.1) is 19.4 Å². The lowest BCUT2D eigenvalue weighted by Gasteiger charge is -2.12. The minimum atomic E-state index is 0.518. The largest absolute Gasteiger partial charge is 0.496 e.